The van der Waals surface area contributed by atoms with Crippen molar-refractivity contribution in [1.29, 1.82) is 0 Å². The van der Waals surface area contributed by atoms with Crippen molar-refractivity contribution in [2.75, 3.05) is 5.75 Å². The van der Waals surface area contributed by atoms with Gasteiger partial charge in [-0.2, -0.15) is 0 Å². The normalized spacial score (nSPS) is 23.8. The van der Waals surface area contributed by atoms with Crippen molar-refractivity contribution in [3.63, 3.8) is 0 Å². The summed E-state index contributed by atoms with van der Waals surface area (Å²) in [4.78, 5) is 4.15. The number of rotatable bonds is 3. The Balaban J connectivity index is 1.91. The van der Waals surface area contributed by atoms with E-state index in [4.69, 9.17) is 0 Å². The third-order valence-electron chi connectivity index (χ3n) is 3.91. The largest absolute Gasteiger partial charge is 0.254 e. The molecule has 0 amide bonds. The molecule has 9 heteroatoms. The third kappa shape index (κ3) is 2.28. The molecule has 114 valence electrons. The fourth-order valence-electron chi connectivity index (χ4n) is 2.16. The zero-order chi connectivity index (χ0) is 15.5. The van der Waals surface area contributed by atoms with Gasteiger partial charge in [-0.1, -0.05) is 0 Å². The van der Waals surface area contributed by atoms with Crippen LogP contribution < -0.4 is 4.72 Å². The number of fused-ring (bicyclic) bond motifs is 1. The van der Waals surface area contributed by atoms with E-state index in [-0.39, 0.29) is 10.6 Å². The SMILES string of the molecule is CC1(C)[C@@H](NS(=O)(=O)c2cnc3ccsc3c2)CS1(=O)=O. The Hall–Kier alpha value is -1.03. The van der Waals surface area contributed by atoms with Crippen molar-refractivity contribution < 1.29 is 16.8 Å². The molecule has 1 N–H and O–H groups in total. The van der Waals surface area contributed by atoms with Crippen LogP contribution in [-0.2, 0) is 19.9 Å². The Kier molecular flexibility index (Phi) is 3.18. The fraction of sp³-hybridized carbons (Fsp3) is 0.417. The van der Waals surface area contributed by atoms with Gasteiger partial charge in [-0.15, -0.1) is 11.3 Å². The summed E-state index contributed by atoms with van der Waals surface area (Å²) in [6, 6.07) is 2.74. The zero-order valence-electron chi connectivity index (χ0n) is 11.4. The molecule has 6 nitrogen and oxygen atoms in total. The Morgan fingerprint density at radius 3 is 2.76 bits per heavy atom. The highest BCUT2D eigenvalue weighted by Crippen LogP contribution is 2.34. The molecular weight excluding hydrogens is 332 g/mol. The molecule has 0 bridgehead atoms. The number of sulfone groups is 1. The average molecular weight is 346 g/mol. The molecule has 2 aromatic rings. The average Bonchev–Trinajstić information content (AvgIpc) is 2.84. The second kappa shape index (κ2) is 4.48. The highest BCUT2D eigenvalue weighted by atomic mass is 32.2. The van der Waals surface area contributed by atoms with Crippen LogP contribution in [0.15, 0.2) is 28.6 Å². The van der Waals surface area contributed by atoms with E-state index in [1.54, 1.807) is 6.07 Å². The molecular formula is C12H14N2O4S3. The Labute approximate surface area is 127 Å². The zero-order valence-corrected chi connectivity index (χ0v) is 13.8. The predicted molar refractivity (Wildman–Crippen MR) is 81.6 cm³/mol. The van der Waals surface area contributed by atoms with E-state index in [9.17, 15) is 16.8 Å². The van der Waals surface area contributed by atoms with Crippen LogP contribution in [0.1, 0.15) is 13.8 Å². The molecule has 0 aromatic carbocycles. The topological polar surface area (TPSA) is 93.2 Å². The van der Waals surface area contributed by atoms with Crippen LogP contribution in [0.4, 0.5) is 0 Å². The summed E-state index contributed by atoms with van der Waals surface area (Å²) < 4.78 is 50.2. The van der Waals surface area contributed by atoms with Gasteiger partial charge < -0.3 is 0 Å². The van der Waals surface area contributed by atoms with E-state index in [0.29, 0.717) is 0 Å². The molecule has 3 rings (SSSR count). The Morgan fingerprint density at radius 2 is 2.14 bits per heavy atom. The molecule has 1 fully saturated rings. The standard InChI is InChI=1S/C12H14N2O4S3/c1-12(2)11(7-20(12,15)16)14-21(17,18)8-5-10-9(13-6-8)3-4-19-10/h3-6,11,14H,7H2,1-2H3/t11-/m0/s1. The minimum Gasteiger partial charge on any atom is -0.254 e. The van der Waals surface area contributed by atoms with Gasteiger partial charge in [0.15, 0.2) is 9.84 Å². The number of thiophene rings is 1. The highest BCUT2D eigenvalue weighted by Gasteiger charge is 2.54. The lowest BCUT2D eigenvalue weighted by Gasteiger charge is -2.43. The van der Waals surface area contributed by atoms with Crippen molar-refractivity contribution >= 4 is 41.4 Å². The van der Waals surface area contributed by atoms with Crippen LogP contribution in [-0.4, -0.2) is 38.4 Å². The van der Waals surface area contributed by atoms with Crippen LogP contribution in [0.25, 0.3) is 10.2 Å². The van der Waals surface area contributed by atoms with Gasteiger partial charge >= 0.3 is 0 Å². The second-order valence-electron chi connectivity index (χ2n) is 5.53. The number of pyridine rings is 1. The Bertz CT molecular complexity index is 913. The lowest BCUT2D eigenvalue weighted by molar-refractivity contribution is 0.423. The van der Waals surface area contributed by atoms with Crippen molar-refractivity contribution in [2.24, 2.45) is 0 Å². The molecule has 2 aromatic heterocycles. The van der Waals surface area contributed by atoms with E-state index in [0.717, 1.165) is 10.2 Å². The fourth-order valence-corrected chi connectivity index (χ4v) is 6.19. The number of hydrogen-bond acceptors (Lipinski definition) is 6. The first kappa shape index (κ1) is 14.9. The molecule has 21 heavy (non-hydrogen) atoms. The molecule has 1 saturated heterocycles. The lowest BCUT2D eigenvalue weighted by atomic mass is 10.1. The van der Waals surface area contributed by atoms with Crippen LogP contribution in [0.2, 0.25) is 0 Å². The molecule has 1 aliphatic rings. The molecule has 3 heterocycles. The molecule has 1 atom stereocenters. The van der Waals surface area contributed by atoms with Gasteiger partial charge in [-0.25, -0.2) is 21.6 Å². The summed E-state index contributed by atoms with van der Waals surface area (Å²) >= 11 is 1.41. The summed E-state index contributed by atoms with van der Waals surface area (Å²) in [6.07, 6.45) is 1.29. The van der Waals surface area contributed by atoms with Crippen molar-refractivity contribution in [3.05, 3.63) is 23.7 Å². The van der Waals surface area contributed by atoms with Crippen LogP contribution in [0, 0.1) is 0 Å². The summed E-state index contributed by atoms with van der Waals surface area (Å²) in [7, 11) is -7.01. The smallest absolute Gasteiger partial charge is 0.242 e. The van der Waals surface area contributed by atoms with Gasteiger partial charge in [0.2, 0.25) is 10.0 Å². The molecule has 0 radical (unpaired) electrons. The van der Waals surface area contributed by atoms with Gasteiger partial charge in [0, 0.05) is 6.20 Å². The maximum atomic E-state index is 12.4. The van der Waals surface area contributed by atoms with Crippen molar-refractivity contribution in [3.8, 4) is 0 Å². The minimum atomic E-state index is -3.78. The molecule has 0 aliphatic carbocycles. The molecule has 0 saturated carbocycles. The quantitative estimate of drug-likeness (QED) is 0.900. The van der Waals surface area contributed by atoms with Crippen LogP contribution in [0.5, 0.6) is 0 Å². The van der Waals surface area contributed by atoms with E-state index >= 15 is 0 Å². The monoisotopic (exact) mass is 346 g/mol. The number of nitrogens with one attached hydrogen (secondary N) is 1. The van der Waals surface area contributed by atoms with Gasteiger partial charge in [0.25, 0.3) is 0 Å². The number of hydrogen-bond donors (Lipinski definition) is 1. The van der Waals surface area contributed by atoms with Crippen LogP contribution in [0.3, 0.4) is 0 Å². The first-order chi connectivity index (χ1) is 9.63. The maximum absolute atomic E-state index is 12.4. The number of sulfonamides is 1. The maximum Gasteiger partial charge on any atom is 0.242 e. The first-order valence-electron chi connectivity index (χ1n) is 6.21. The first-order valence-corrected chi connectivity index (χ1v) is 10.2. The number of nitrogens with zero attached hydrogens (tertiary/aromatic N) is 1. The van der Waals surface area contributed by atoms with Crippen LogP contribution >= 0.6 is 11.3 Å². The predicted octanol–water partition coefficient (Wildman–Crippen LogP) is 1.15. The second-order valence-corrected chi connectivity index (χ2v) is 10.8. The van der Waals surface area contributed by atoms with Gasteiger partial charge in [0.1, 0.15) is 4.90 Å². The number of aromatic nitrogens is 1. The summed E-state index contributed by atoms with van der Waals surface area (Å²) in [6.45, 7) is 3.06. The van der Waals surface area contributed by atoms with Gasteiger partial charge in [-0.05, 0) is 31.4 Å². The summed E-state index contributed by atoms with van der Waals surface area (Å²) in [5.41, 5.74) is 0.741. The molecule has 1 aliphatic heterocycles. The summed E-state index contributed by atoms with van der Waals surface area (Å²) in [5, 5.41) is 1.84. The van der Waals surface area contributed by atoms with Gasteiger partial charge in [-0.3, -0.25) is 4.98 Å². The highest BCUT2D eigenvalue weighted by molar-refractivity contribution is 7.94. The molecule has 0 unspecified atom stereocenters. The van der Waals surface area contributed by atoms with E-state index < -0.39 is 30.6 Å². The lowest BCUT2D eigenvalue weighted by Crippen LogP contribution is -2.66. The third-order valence-corrected chi connectivity index (χ3v) is 8.86. The van der Waals surface area contributed by atoms with E-state index in [1.165, 1.54) is 31.4 Å². The van der Waals surface area contributed by atoms with E-state index in [1.807, 2.05) is 11.4 Å². The molecule has 0 spiro atoms. The van der Waals surface area contributed by atoms with E-state index in [2.05, 4.69) is 9.71 Å². The Morgan fingerprint density at radius 1 is 1.43 bits per heavy atom. The summed E-state index contributed by atoms with van der Waals surface area (Å²) in [5.74, 6) is -0.173. The van der Waals surface area contributed by atoms with Crippen molar-refractivity contribution in [2.45, 2.75) is 29.5 Å². The minimum absolute atomic E-state index is 0.0533. The van der Waals surface area contributed by atoms with Gasteiger partial charge in [0.05, 0.1) is 26.8 Å². The van der Waals surface area contributed by atoms with Crippen molar-refractivity contribution in [1.82, 2.24) is 9.71 Å².